The Balaban J connectivity index is 1.76. The lowest BCUT2D eigenvalue weighted by molar-refractivity contribution is -0.168. The average molecular weight is 656 g/mol. The molecular formula is C37H53NO9. The van der Waals surface area contributed by atoms with Crippen LogP contribution in [-0.4, -0.2) is 69.1 Å². The fourth-order valence-electron chi connectivity index (χ4n) is 5.48. The van der Waals surface area contributed by atoms with Crippen molar-refractivity contribution in [1.29, 1.82) is 0 Å². The van der Waals surface area contributed by atoms with Crippen molar-refractivity contribution in [1.82, 2.24) is 5.32 Å². The van der Waals surface area contributed by atoms with Gasteiger partial charge in [0.15, 0.2) is 11.9 Å². The SMILES string of the molecule is COC(=O)[C@@H](OCc1ccc(OC)cc1)[C@H](NC(=O)OC(C)(C)C)[C@@H]1OC(C)(C)O[C@H]1[C@@H](C)CCCC/C=C/c1ccc(OC)cc1. The molecule has 1 N–H and O–H groups in total. The van der Waals surface area contributed by atoms with E-state index in [1.807, 2.05) is 62.4 Å². The van der Waals surface area contributed by atoms with Gasteiger partial charge >= 0.3 is 12.1 Å². The first-order valence-corrected chi connectivity index (χ1v) is 16.2. The summed E-state index contributed by atoms with van der Waals surface area (Å²) in [6.45, 7) is 11.2. The Labute approximate surface area is 280 Å². The summed E-state index contributed by atoms with van der Waals surface area (Å²) < 4.78 is 40.3. The summed E-state index contributed by atoms with van der Waals surface area (Å²) in [5.41, 5.74) is 1.17. The van der Waals surface area contributed by atoms with Crippen LogP contribution in [0.1, 0.15) is 78.4 Å². The Kier molecular flexibility index (Phi) is 14.1. The van der Waals surface area contributed by atoms with Crippen LogP contribution >= 0.6 is 0 Å². The standard InChI is InChI=1S/C37H53NO9/c1-25(14-12-10-11-13-15-26-16-20-28(41-7)21-17-26)31-32(46-37(5,6)45-31)30(38-35(40)47-36(2,3)4)33(34(39)43-9)44-24-27-18-22-29(42-8)23-19-27/h13,15-23,25,30-33H,10-12,14,24H2,1-9H3,(H,38,40)/b15-13+/t25-,30+,31-,32-,33-/m0/s1. The van der Waals surface area contributed by atoms with Crippen molar-refractivity contribution < 1.29 is 42.7 Å². The molecule has 1 amide bonds. The molecule has 1 heterocycles. The van der Waals surface area contributed by atoms with Gasteiger partial charge in [0, 0.05) is 0 Å². The van der Waals surface area contributed by atoms with Crippen LogP contribution in [0.3, 0.4) is 0 Å². The minimum Gasteiger partial charge on any atom is -0.497 e. The molecule has 0 aromatic heterocycles. The van der Waals surface area contributed by atoms with Crippen LogP contribution in [0.5, 0.6) is 11.5 Å². The van der Waals surface area contributed by atoms with Gasteiger partial charge in [0.25, 0.3) is 0 Å². The van der Waals surface area contributed by atoms with Crippen LogP contribution in [0.2, 0.25) is 0 Å². The number of rotatable bonds is 16. The first-order valence-electron chi connectivity index (χ1n) is 16.2. The molecule has 260 valence electrons. The number of nitrogens with one attached hydrogen (secondary N) is 1. The summed E-state index contributed by atoms with van der Waals surface area (Å²) >= 11 is 0. The van der Waals surface area contributed by atoms with Crippen molar-refractivity contribution in [3.05, 3.63) is 65.7 Å². The molecule has 47 heavy (non-hydrogen) atoms. The molecule has 0 radical (unpaired) electrons. The third-order valence-corrected chi connectivity index (χ3v) is 7.82. The largest absolute Gasteiger partial charge is 0.497 e. The zero-order valence-electron chi connectivity index (χ0n) is 29.4. The lowest BCUT2D eigenvalue weighted by atomic mass is 9.89. The lowest BCUT2D eigenvalue weighted by Gasteiger charge is -2.34. The molecule has 2 aromatic rings. The van der Waals surface area contributed by atoms with Gasteiger partial charge in [0.1, 0.15) is 23.2 Å². The Morgan fingerprint density at radius 1 is 0.915 bits per heavy atom. The average Bonchev–Trinajstić information content (AvgIpc) is 3.36. The molecule has 1 fully saturated rings. The van der Waals surface area contributed by atoms with Gasteiger partial charge in [-0.2, -0.15) is 0 Å². The van der Waals surface area contributed by atoms with Gasteiger partial charge in [0.05, 0.1) is 40.1 Å². The van der Waals surface area contributed by atoms with Crippen molar-refractivity contribution in [2.24, 2.45) is 5.92 Å². The van der Waals surface area contributed by atoms with Crippen LogP contribution in [0.25, 0.3) is 6.08 Å². The Bertz CT molecular complexity index is 1280. The minimum absolute atomic E-state index is 0.0372. The van der Waals surface area contributed by atoms with Gasteiger partial charge in [0.2, 0.25) is 0 Å². The van der Waals surface area contributed by atoms with E-state index in [-0.39, 0.29) is 12.5 Å². The molecule has 2 aromatic carbocycles. The predicted molar refractivity (Wildman–Crippen MR) is 180 cm³/mol. The van der Waals surface area contributed by atoms with Gasteiger partial charge in [-0.1, -0.05) is 49.8 Å². The third kappa shape index (κ3) is 12.2. The summed E-state index contributed by atoms with van der Waals surface area (Å²) in [4.78, 5) is 26.4. The summed E-state index contributed by atoms with van der Waals surface area (Å²) in [7, 11) is 4.54. The van der Waals surface area contributed by atoms with E-state index in [0.717, 1.165) is 42.6 Å². The zero-order valence-corrected chi connectivity index (χ0v) is 29.4. The number of carbonyl (C=O) groups is 2. The smallest absolute Gasteiger partial charge is 0.408 e. The summed E-state index contributed by atoms with van der Waals surface area (Å²) in [5.74, 6) is -0.0412. The molecule has 5 atom stereocenters. The highest BCUT2D eigenvalue weighted by Crippen LogP contribution is 2.37. The fraction of sp³-hybridized carbons (Fsp3) is 0.568. The second-order valence-electron chi connectivity index (χ2n) is 13.3. The quantitative estimate of drug-likeness (QED) is 0.150. The van der Waals surface area contributed by atoms with E-state index in [4.69, 9.17) is 33.2 Å². The Morgan fingerprint density at radius 3 is 2.09 bits per heavy atom. The highest BCUT2D eigenvalue weighted by molar-refractivity contribution is 5.77. The lowest BCUT2D eigenvalue weighted by Crippen LogP contribution is -2.59. The number of hydrogen-bond acceptors (Lipinski definition) is 9. The number of allylic oxidation sites excluding steroid dienone is 1. The summed E-state index contributed by atoms with van der Waals surface area (Å²) in [6, 6.07) is 14.3. The van der Waals surface area contributed by atoms with Gasteiger partial charge in [-0.3, -0.25) is 0 Å². The van der Waals surface area contributed by atoms with Crippen LogP contribution in [0.15, 0.2) is 54.6 Å². The molecule has 0 bridgehead atoms. The third-order valence-electron chi connectivity index (χ3n) is 7.82. The van der Waals surface area contributed by atoms with E-state index >= 15 is 0 Å². The van der Waals surface area contributed by atoms with Gasteiger partial charge < -0.3 is 38.5 Å². The number of benzene rings is 2. The number of unbranched alkanes of at least 4 members (excludes halogenated alkanes) is 2. The number of amides is 1. The van der Waals surface area contributed by atoms with Gasteiger partial charge in [-0.15, -0.1) is 0 Å². The molecule has 0 spiro atoms. The normalized spacial score (nSPS) is 19.5. The molecule has 1 saturated heterocycles. The van der Waals surface area contributed by atoms with Crippen LogP contribution < -0.4 is 14.8 Å². The minimum atomic E-state index is -1.21. The van der Waals surface area contributed by atoms with Crippen molar-refractivity contribution in [3.63, 3.8) is 0 Å². The number of carbonyl (C=O) groups excluding carboxylic acids is 2. The molecule has 10 heteroatoms. The Morgan fingerprint density at radius 2 is 1.51 bits per heavy atom. The van der Waals surface area contributed by atoms with E-state index in [2.05, 4.69) is 24.4 Å². The van der Waals surface area contributed by atoms with E-state index in [0.29, 0.717) is 5.75 Å². The topological polar surface area (TPSA) is 111 Å². The number of alkyl carbamates (subject to hydrolysis) is 1. The predicted octanol–water partition coefficient (Wildman–Crippen LogP) is 7.09. The number of hydrogen-bond donors (Lipinski definition) is 1. The molecule has 1 aliphatic rings. The van der Waals surface area contributed by atoms with Crippen LogP contribution in [-0.2, 0) is 35.1 Å². The fourth-order valence-corrected chi connectivity index (χ4v) is 5.48. The molecule has 3 rings (SSSR count). The maximum Gasteiger partial charge on any atom is 0.408 e. The first kappa shape index (κ1) is 37.9. The number of ether oxygens (including phenoxy) is 7. The van der Waals surface area contributed by atoms with E-state index in [9.17, 15) is 9.59 Å². The van der Waals surface area contributed by atoms with Crippen molar-refractivity contribution in [2.45, 2.75) is 110 Å². The van der Waals surface area contributed by atoms with E-state index in [1.165, 1.54) is 7.11 Å². The Hall–Kier alpha value is -3.60. The molecule has 1 aliphatic heterocycles. The van der Waals surface area contributed by atoms with Crippen LogP contribution in [0, 0.1) is 5.92 Å². The molecule has 10 nitrogen and oxygen atoms in total. The van der Waals surface area contributed by atoms with E-state index in [1.54, 1.807) is 35.0 Å². The van der Waals surface area contributed by atoms with Crippen LogP contribution in [0.4, 0.5) is 4.79 Å². The molecule has 0 unspecified atom stereocenters. The van der Waals surface area contributed by atoms with Crippen molar-refractivity contribution in [2.75, 3.05) is 21.3 Å². The first-order chi connectivity index (χ1) is 22.2. The van der Waals surface area contributed by atoms with Gasteiger partial charge in [-0.05, 0) is 95.2 Å². The van der Waals surface area contributed by atoms with Crippen molar-refractivity contribution in [3.8, 4) is 11.5 Å². The monoisotopic (exact) mass is 655 g/mol. The number of methoxy groups -OCH3 is 3. The highest BCUT2D eigenvalue weighted by atomic mass is 16.8. The van der Waals surface area contributed by atoms with Crippen molar-refractivity contribution >= 4 is 18.1 Å². The van der Waals surface area contributed by atoms with Gasteiger partial charge in [-0.25, -0.2) is 9.59 Å². The second-order valence-corrected chi connectivity index (χ2v) is 13.3. The maximum atomic E-state index is 13.3. The van der Waals surface area contributed by atoms with E-state index < -0.39 is 47.8 Å². The highest BCUT2D eigenvalue weighted by Gasteiger charge is 2.52. The summed E-state index contributed by atoms with van der Waals surface area (Å²) in [6.07, 6.45) is 4.93. The zero-order chi connectivity index (χ0) is 34.6. The molecular weight excluding hydrogens is 602 g/mol. The number of esters is 1. The maximum absolute atomic E-state index is 13.3. The second kappa shape index (κ2) is 17.5. The molecule has 0 saturated carbocycles. The molecule has 0 aliphatic carbocycles. The summed E-state index contributed by atoms with van der Waals surface area (Å²) in [5, 5.41) is 2.89.